The zero-order valence-electron chi connectivity index (χ0n) is 14.9. The smallest absolute Gasteiger partial charge is 0.244 e. The fourth-order valence-corrected chi connectivity index (χ4v) is 2.36. The summed E-state index contributed by atoms with van der Waals surface area (Å²) in [5.74, 6) is -0.130. The second-order valence-electron chi connectivity index (χ2n) is 5.90. The molecule has 5 nitrogen and oxygen atoms in total. The third-order valence-corrected chi connectivity index (χ3v) is 3.72. The highest BCUT2D eigenvalue weighted by molar-refractivity contribution is 5.95. The van der Waals surface area contributed by atoms with Gasteiger partial charge < -0.3 is 15.8 Å². The SMILES string of the molecule is CCCOc1ccc(/C=C/C(=O)NC(Cc2ccccc2)C(N)=O)cc1. The van der Waals surface area contributed by atoms with Crippen LogP contribution in [0.1, 0.15) is 24.5 Å². The molecule has 0 saturated carbocycles. The molecule has 2 amide bonds. The maximum absolute atomic E-state index is 12.1. The molecule has 0 aliphatic rings. The van der Waals surface area contributed by atoms with E-state index >= 15 is 0 Å². The summed E-state index contributed by atoms with van der Waals surface area (Å²) in [5.41, 5.74) is 7.20. The molecule has 1 unspecified atom stereocenters. The fraction of sp³-hybridized carbons (Fsp3) is 0.238. The number of amides is 2. The van der Waals surface area contributed by atoms with Crippen LogP contribution in [0.5, 0.6) is 5.75 Å². The average molecular weight is 352 g/mol. The number of benzene rings is 2. The Morgan fingerprint density at radius 2 is 1.81 bits per heavy atom. The van der Waals surface area contributed by atoms with Crippen LogP contribution in [0.2, 0.25) is 0 Å². The van der Waals surface area contributed by atoms with Crippen LogP contribution < -0.4 is 15.8 Å². The summed E-state index contributed by atoms with van der Waals surface area (Å²) in [6.07, 6.45) is 4.38. The first-order valence-corrected chi connectivity index (χ1v) is 8.63. The first-order valence-electron chi connectivity index (χ1n) is 8.63. The van der Waals surface area contributed by atoms with E-state index in [1.807, 2.05) is 61.5 Å². The third-order valence-electron chi connectivity index (χ3n) is 3.72. The maximum atomic E-state index is 12.1. The number of carbonyl (C=O) groups is 2. The van der Waals surface area contributed by atoms with E-state index in [1.165, 1.54) is 6.08 Å². The van der Waals surface area contributed by atoms with Crippen molar-refractivity contribution in [2.45, 2.75) is 25.8 Å². The molecule has 0 bridgehead atoms. The number of nitrogens with one attached hydrogen (secondary N) is 1. The first kappa shape index (κ1) is 19.2. The number of nitrogens with two attached hydrogens (primary N) is 1. The van der Waals surface area contributed by atoms with Crippen LogP contribution >= 0.6 is 0 Å². The lowest BCUT2D eigenvalue weighted by Crippen LogP contribution is -2.45. The Bertz CT molecular complexity index is 740. The molecule has 0 aliphatic heterocycles. The molecule has 0 heterocycles. The molecule has 5 heteroatoms. The second kappa shape index (κ2) is 10.0. The van der Waals surface area contributed by atoms with Crippen molar-refractivity contribution in [3.05, 3.63) is 71.8 Å². The highest BCUT2D eigenvalue weighted by Gasteiger charge is 2.17. The van der Waals surface area contributed by atoms with Gasteiger partial charge in [-0.3, -0.25) is 9.59 Å². The quantitative estimate of drug-likeness (QED) is 0.681. The zero-order valence-corrected chi connectivity index (χ0v) is 14.9. The van der Waals surface area contributed by atoms with Gasteiger partial charge in [-0.1, -0.05) is 49.4 Å². The van der Waals surface area contributed by atoms with Gasteiger partial charge in [0.25, 0.3) is 0 Å². The van der Waals surface area contributed by atoms with E-state index in [-0.39, 0.29) is 5.91 Å². The van der Waals surface area contributed by atoms with Crippen molar-refractivity contribution in [1.82, 2.24) is 5.32 Å². The van der Waals surface area contributed by atoms with Gasteiger partial charge in [-0.05, 0) is 35.8 Å². The molecule has 0 aliphatic carbocycles. The Balaban J connectivity index is 1.92. The van der Waals surface area contributed by atoms with E-state index in [0.717, 1.165) is 23.3 Å². The summed E-state index contributed by atoms with van der Waals surface area (Å²) in [7, 11) is 0. The number of ether oxygens (including phenoxy) is 1. The molecule has 0 fully saturated rings. The minimum absolute atomic E-state index is 0.360. The Kier molecular flexibility index (Phi) is 7.43. The molecule has 1 atom stereocenters. The molecular weight excluding hydrogens is 328 g/mol. The standard InChI is InChI=1S/C21H24N2O3/c1-2-14-26-18-11-8-16(9-12-18)10-13-20(24)23-19(21(22)25)15-17-6-4-3-5-7-17/h3-13,19H,2,14-15H2,1H3,(H2,22,25)(H,23,24)/b13-10+. The molecular formula is C21H24N2O3. The summed E-state index contributed by atoms with van der Waals surface area (Å²) in [6, 6.07) is 16.1. The van der Waals surface area contributed by atoms with Crippen LogP contribution in [0, 0.1) is 0 Å². The van der Waals surface area contributed by atoms with Gasteiger partial charge in [0.1, 0.15) is 11.8 Å². The summed E-state index contributed by atoms with van der Waals surface area (Å²) in [4.78, 5) is 23.7. The maximum Gasteiger partial charge on any atom is 0.244 e. The molecule has 2 aromatic rings. The minimum Gasteiger partial charge on any atom is -0.494 e. The molecule has 0 radical (unpaired) electrons. The largest absolute Gasteiger partial charge is 0.494 e. The number of rotatable bonds is 9. The van der Waals surface area contributed by atoms with Gasteiger partial charge in [-0.2, -0.15) is 0 Å². The van der Waals surface area contributed by atoms with E-state index in [0.29, 0.717) is 13.0 Å². The van der Waals surface area contributed by atoms with Crippen LogP contribution in [0.3, 0.4) is 0 Å². The number of carbonyl (C=O) groups excluding carboxylic acids is 2. The van der Waals surface area contributed by atoms with E-state index < -0.39 is 11.9 Å². The minimum atomic E-state index is -0.751. The van der Waals surface area contributed by atoms with Crippen molar-refractivity contribution in [1.29, 1.82) is 0 Å². The summed E-state index contributed by atoms with van der Waals surface area (Å²) < 4.78 is 5.52. The Labute approximate surface area is 153 Å². The summed E-state index contributed by atoms with van der Waals surface area (Å²) >= 11 is 0. The van der Waals surface area contributed by atoms with Crippen LogP contribution in [0.4, 0.5) is 0 Å². The number of primary amides is 1. The van der Waals surface area contributed by atoms with E-state index in [1.54, 1.807) is 6.08 Å². The van der Waals surface area contributed by atoms with E-state index in [4.69, 9.17) is 10.5 Å². The lowest BCUT2D eigenvalue weighted by atomic mass is 10.1. The Hall–Kier alpha value is -3.08. The van der Waals surface area contributed by atoms with Crippen molar-refractivity contribution in [2.24, 2.45) is 5.73 Å². The van der Waals surface area contributed by atoms with Gasteiger partial charge in [0.05, 0.1) is 6.61 Å². The normalized spacial score (nSPS) is 11.9. The van der Waals surface area contributed by atoms with Crippen molar-refractivity contribution in [3.8, 4) is 5.75 Å². The molecule has 3 N–H and O–H groups in total. The number of hydrogen-bond donors (Lipinski definition) is 2. The molecule has 26 heavy (non-hydrogen) atoms. The molecule has 0 spiro atoms. The molecule has 0 saturated heterocycles. The Morgan fingerprint density at radius 3 is 2.42 bits per heavy atom. The molecule has 136 valence electrons. The lowest BCUT2D eigenvalue weighted by molar-refractivity contribution is -0.124. The first-order chi connectivity index (χ1) is 12.6. The topological polar surface area (TPSA) is 81.4 Å². The Morgan fingerprint density at radius 1 is 1.12 bits per heavy atom. The highest BCUT2D eigenvalue weighted by Crippen LogP contribution is 2.13. The molecule has 0 aromatic heterocycles. The second-order valence-corrected chi connectivity index (χ2v) is 5.90. The predicted molar refractivity (Wildman–Crippen MR) is 103 cm³/mol. The van der Waals surface area contributed by atoms with E-state index in [9.17, 15) is 9.59 Å². The van der Waals surface area contributed by atoms with Crippen molar-refractivity contribution >= 4 is 17.9 Å². The van der Waals surface area contributed by atoms with Crippen LogP contribution in [-0.2, 0) is 16.0 Å². The zero-order chi connectivity index (χ0) is 18.8. The van der Waals surface area contributed by atoms with Crippen LogP contribution in [0.25, 0.3) is 6.08 Å². The van der Waals surface area contributed by atoms with Crippen LogP contribution in [-0.4, -0.2) is 24.5 Å². The number of hydrogen-bond acceptors (Lipinski definition) is 3. The molecule has 2 rings (SSSR count). The van der Waals surface area contributed by atoms with Crippen molar-refractivity contribution in [2.75, 3.05) is 6.61 Å². The van der Waals surface area contributed by atoms with Crippen molar-refractivity contribution in [3.63, 3.8) is 0 Å². The van der Waals surface area contributed by atoms with Gasteiger partial charge in [-0.25, -0.2) is 0 Å². The molecule has 2 aromatic carbocycles. The van der Waals surface area contributed by atoms with E-state index in [2.05, 4.69) is 5.32 Å². The van der Waals surface area contributed by atoms with Gasteiger partial charge >= 0.3 is 0 Å². The van der Waals surface area contributed by atoms with Crippen molar-refractivity contribution < 1.29 is 14.3 Å². The fourth-order valence-electron chi connectivity index (χ4n) is 2.36. The highest BCUT2D eigenvalue weighted by atomic mass is 16.5. The third kappa shape index (κ3) is 6.43. The summed E-state index contributed by atoms with van der Waals surface area (Å²) in [6.45, 7) is 2.72. The van der Waals surface area contributed by atoms with Gasteiger partial charge in [0.2, 0.25) is 11.8 Å². The van der Waals surface area contributed by atoms with Gasteiger partial charge in [0.15, 0.2) is 0 Å². The average Bonchev–Trinajstić information content (AvgIpc) is 2.65. The monoisotopic (exact) mass is 352 g/mol. The van der Waals surface area contributed by atoms with Gasteiger partial charge in [-0.15, -0.1) is 0 Å². The van der Waals surface area contributed by atoms with Gasteiger partial charge in [0, 0.05) is 12.5 Å². The summed E-state index contributed by atoms with van der Waals surface area (Å²) in [5, 5.41) is 2.65. The lowest BCUT2D eigenvalue weighted by Gasteiger charge is -2.14. The predicted octanol–water partition coefficient (Wildman–Crippen LogP) is 2.70. The van der Waals surface area contributed by atoms with Crippen LogP contribution in [0.15, 0.2) is 60.7 Å².